The van der Waals surface area contributed by atoms with E-state index < -0.39 is 0 Å². The molecule has 3 rings (SSSR count). The topological polar surface area (TPSA) is 41.1 Å². The van der Waals surface area contributed by atoms with Crippen LogP contribution in [0.3, 0.4) is 0 Å². The van der Waals surface area contributed by atoms with E-state index in [0.717, 1.165) is 6.42 Å². The number of benzene rings is 2. The van der Waals surface area contributed by atoms with Crippen LogP contribution in [-0.4, -0.2) is 18.5 Å². The molecule has 25 heavy (non-hydrogen) atoms. The van der Waals surface area contributed by atoms with Gasteiger partial charge in [-0.1, -0.05) is 48.5 Å². The van der Waals surface area contributed by atoms with Crippen LogP contribution in [0.25, 0.3) is 10.8 Å². The van der Waals surface area contributed by atoms with E-state index in [1.165, 1.54) is 21.2 Å². The summed E-state index contributed by atoms with van der Waals surface area (Å²) in [6.45, 7) is 4.70. The van der Waals surface area contributed by atoms with Crippen molar-refractivity contribution in [2.45, 2.75) is 32.4 Å². The number of fused-ring (bicyclic) bond motifs is 1. The Balaban J connectivity index is 1.57. The zero-order valence-electron chi connectivity index (χ0n) is 14.7. The second-order valence-corrected chi connectivity index (χ2v) is 7.33. The van der Waals surface area contributed by atoms with E-state index in [1.807, 2.05) is 19.1 Å². The largest absolute Gasteiger partial charge is 0.354 e. The highest BCUT2D eigenvalue weighted by atomic mass is 32.1. The Morgan fingerprint density at radius 1 is 1.04 bits per heavy atom. The van der Waals surface area contributed by atoms with Gasteiger partial charge in [0.25, 0.3) is 0 Å². The first-order chi connectivity index (χ1) is 12.1. The Labute approximate surface area is 153 Å². The van der Waals surface area contributed by atoms with Crippen LogP contribution in [-0.2, 0) is 11.2 Å². The second kappa shape index (κ2) is 8.28. The maximum absolute atomic E-state index is 12.3. The Morgan fingerprint density at radius 2 is 1.84 bits per heavy atom. The van der Waals surface area contributed by atoms with Gasteiger partial charge in [0.05, 0.1) is 6.04 Å². The normalized spacial score (nSPS) is 13.5. The van der Waals surface area contributed by atoms with Crippen molar-refractivity contribution in [3.63, 3.8) is 0 Å². The van der Waals surface area contributed by atoms with Crippen LogP contribution in [0.2, 0.25) is 0 Å². The molecule has 3 nitrogen and oxygen atoms in total. The molecule has 4 heteroatoms. The molecule has 2 N–H and O–H groups in total. The van der Waals surface area contributed by atoms with Gasteiger partial charge in [-0.3, -0.25) is 10.1 Å². The van der Waals surface area contributed by atoms with E-state index >= 15 is 0 Å². The molecule has 2 aromatic carbocycles. The van der Waals surface area contributed by atoms with Crippen LogP contribution < -0.4 is 10.6 Å². The van der Waals surface area contributed by atoms with Gasteiger partial charge >= 0.3 is 0 Å². The number of thiophene rings is 1. The number of rotatable bonds is 7. The lowest BCUT2D eigenvalue weighted by Crippen LogP contribution is -2.43. The quantitative estimate of drug-likeness (QED) is 0.666. The van der Waals surface area contributed by atoms with Crippen LogP contribution >= 0.6 is 11.3 Å². The SMILES string of the molecule is CC(NC(C)c1cccc2ccccc12)C(=O)NCCc1cccs1. The Hall–Kier alpha value is -2.17. The van der Waals surface area contributed by atoms with Gasteiger partial charge in [0, 0.05) is 17.5 Å². The predicted octanol–water partition coefficient (Wildman–Crippen LogP) is 4.30. The van der Waals surface area contributed by atoms with Crippen molar-refractivity contribution in [3.05, 3.63) is 70.4 Å². The van der Waals surface area contributed by atoms with Crippen LogP contribution in [0.1, 0.15) is 30.3 Å². The zero-order chi connectivity index (χ0) is 17.6. The smallest absolute Gasteiger partial charge is 0.236 e. The molecule has 0 fully saturated rings. The summed E-state index contributed by atoms with van der Waals surface area (Å²) in [7, 11) is 0. The first kappa shape index (κ1) is 17.6. The van der Waals surface area contributed by atoms with Crippen molar-refractivity contribution in [2.75, 3.05) is 6.54 Å². The maximum Gasteiger partial charge on any atom is 0.236 e. The van der Waals surface area contributed by atoms with Crippen molar-refractivity contribution in [3.8, 4) is 0 Å². The van der Waals surface area contributed by atoms with Gasteiger partial charge in [-0.2, -0.15) is 0 Å². The molecule has 1 heterocycles. The predicted molar refractivity (Wildman–Crippen MR) is 106 cm³/mol. The summed E-state index contributed by atoms with van der Waals surface area (Å²) in [5.74, 6) is 0.0450. The Bertz CT molecular complexity index is 824. The third-order valence-electron chi connectivity index (χ3n) is 4.43. The van der Waals surface area contributed by atoms with Crippen molar-refractivity contribution in [1.82, 2.24) is 10.6 Å². The number of hydrogen-bond donors (Lipinski definition) is 2. The minimum absolute atomic E-state index is 0.0450. The summed E-state index contributed by atoms with van der Waals surface area (Å²) >= 11 is 1.73. The lowest BCUT2D eigenvalue weighted by atomic mass is 9.99. The van der Waals surface area contributed by atoms with Gasteiger partial charge in [0.1, 0.15) is 0 Å². The molecular weight excluding hydrogens is 328 g/mol. The van der Waals surface area contributed by atoms with E-state index in [0.29, 0.717) is 6.54 Å². The molecule has 0 aliphatic heterocycles. The molecule has 0 aliphatic rings. The van der Waals surface area contributed by atoms with Crippen molar-refractivity contribution < 1.29 is 4.79 Å². The molecule has 0 aliphatic carbocycles. The minimum atomic E-state index is -0.239. The van der Waals surface area contributed by atoms with E-state index in [4.69, 9.17) is 0 Å². The van der Waals surface area contributed by atoms with Gasteiger partial charge in [-0.05, 0) is 48.1 Å². The third kappa shape index (κ3) is 4.47. The summed E-state index contributed by atoms with van der Waals surface area (Å²) in [5.41, 5.74) is 1.22. The van der Waals surface area contributed by atoms with Crippen molar-refractivity contribution in [1.29, 1.82) is 0 Å². The summed E-state index contributed by atoms with van der Waals surface area (Å²) in [6, 6.07) is 18.7. The highest BCUT2D eigenvalue weighted by molar-refractivity contribution is 7.09. The average molecular weight is 353 g/mol. The van der Waals surface area contributed by atoms with E-state index in [-0.39, 0.29) is 18.0 Å². The van der Waals surface area contributed by atoms with Crippen LogP contribution in [0.5, 0.6) is 0 Å². The van der Waals surface area contributed by atoms with Gasteiger partial charge in [-0.25, -0.2) is 0 Å². The number of nitrogens with one attached hydrogen (secondary N) is 2. The van der Waals surface area contributed by atoms with E-state index in [9.17, 15) is 4.79 Å². The molecular formula is C21H24N2OS. The fourth-order valence-corrected chi connectivity index (χ4v) is 3.79. The highest BCUT2D eigenvalue weighted by Crippen LogP contribution is 2.24. The Morgan fingerprint density at radius 3 is 2.64 bits per heavy atom. The number of carbonyl (C=O) groups excluding carboxylic acids is 1. The summed E-state index contributed by atoms with van der Waals surface area (Å²) in [5, 5.41) is 11.0. The maximum atomic E-state index is 12.3. The lowest BCUT2D eigenvalue weighted by Gasteiger charge is -2.21. The zero-order valence-corrected chi connectivity index (χ0v) is 15.5. The van der Waals surface area contributed by atoms with E-state index in [2.05, 4.69) is 65.4 Å². The molecule has 0 bridgehead atoms. The lowest BCUT2D eigenvalue weighted by molar-refractivity contribution is -0.122. The first-order valence-corrected chi connectivity index (χ1v) is 9.57. The molecule has 0 saturated heterocycles. The molecule has 1 amide bonds. The molecule has 1 aromatic heterocycles. The number of carbonyl (C=O) groups is 1. The minimum Gasteiger partial charge on any atom is -0.354 e. The molecule has 2 unspecified atom stereocenters. The second-order valence-electron chi connectivity index (χ2n) is 6.30. The average Bonchev–Trinajstić information content (AvgIpc) is 3.14. The number of amides is 1. The standard InChI is InChI=1S/C21H24N2OS/c1-15(19-11-5-8-17-7-3-4-10-20(17)19)23-16(2)21(24)22-13-12-18-9-6-14-25-18/h3-11,14-16,23H,12-13H2,1-2H3,(H,22,24). The molecule has 0 spiro atoms. The van der Waals surface area contributed by atoms with Crippen molar-refractivity contribution >= 4 is 28.0 Å². The first-order valence-electron chi connectivity index (χ1n) is 8.69. The Kier molecular flexibility index (Phi) is 5.84. The van der Waals surface area contributed by atoms with Gasteiger partial charge in [-0.15, -0.1) is 11.3 Å². The molecule has 0 radical (unpaired) electrons. The van der Waals surface area contributed by atoms with Crippen LogP contribution in [0, 0.1) is 0 Å². The molecule has 0 saturated carbocycles. The summed E-state index contributed by atoms with van der Waals surface area (Å²) < 4.78 is 0. The van der Waals surface area contributed by atoms with E-state index in [1.54, 1.807) is 11.3 Å². The summed E-state index contributed by atoms with van der Waals surface area (Å²) in [6.07, 6.45) is 0.884. The fourth-order valence-electron chi connectivity index (χ4n) is 3.09. The van der Waals surface area contributed by atoms with Gasteiger partial charge in [0.2, 0.25) is 5.91 Å². The van der Waals surface area contributed by atoms with Crippen LogP contribution in [0.15, 0.2) is 60.0 Å². The monoisotopic (exact) mass is 352 g/mol. The van der Waals surface area contributed by atoms with Crippen LogP contribution in [0.4, 0.5) is 0 Å². The van der Waals surface area contributed by atoms with Gasteiger partial charge < -0.3 is 5.32 Å². The van der Waals surface area contributed by atoms with Crippen molar-refractivity contribution in [2.24, 2.45) is 0 Å². The van der Waals surface area contributed by atoms with Gasteiger partial charge in [0.15, 0.2) is 0 Å². The third-order valence-corrected chi connectivity index (χ3v) is 5.37. The molecule has 3 aromatic rings. The molecule has 130 valence electrons. The molecule has 2 atom stereocenters. The number of hydrogen-bond acceptors (Lipinski definition) is 3. The summed E-state index contributed by atoms with van der Waals surface area (Å²) in [4.78, 5) is 13.6. The fraction of sp³-hybridized carbons (Fsp3) is 0.286. The highest BCUT2D eigenvalue weighted by Gasteiger charge is 2.17.